The van der Waals surface area contributed by atoms with Crippen molar-refractivity contribution in [3.63, 3.8) is 0 Å². The Morgan fingerprint density at radius 2 is 1.48 bits per heavy atom. The van der Waals surface area contributed by atoms with Gasteiger partial charge < -0.3 is 9.47 Å². The average molecular weight is 550 g/mol. The van der Waals surface area contributed by atoms with Crippen molar-refractivity contribution in [2.24, 2.45) is 0 Å². The molecule has 0 aliphatic rings. The SMILES string of the molecule is CC(C)c1ccc(OCC(=O)NNC(=O)COc2ccc3ccccc3c2Br)c(Br)c1. The first-order valence-electron chi connectivity index (χ1n) is 9.65. The van der Waals surface area contributed by atoms with Crippen LogP contribution in [0.1, 0.15) is 25.3 Å². The largest absolute Gasteiger partial charge is 0.483 e. The third-order valence-corrected chi connectivity index (χ3v) is 5.95. The van der Waals surface area contributed by atoms with E-state index in [4.69, 9.17) is 9.47 Å². The van der Waals surface area contributed by atoms with E-state index in [-0.39, 0.29) is 13.2 Å². The molecule has 0 unspecified atom stereocenters. The van der Waals surface area contributed by atoms with E-state index in [0.29, 0.717) is 17.4 Å². The summed E-state index contributed by atoms with van der Waals surface area (Å²) in [6, 6.07) is 17.3. The predicted octanol–water partition coefficient (Wildman–Crippen LogP) is 5.09. The van der Waals surface area contributed by atoms with E-state index < -0.39 is 11.8 Å². The Kier molecular flexibility index (Phi) is 7.92. The second-order valence-electron chi connectivity index (χ2n) is 7.12. The van der Waals surface area contributed by atoms with Gasteiger partial charge in [0.1, 0.15) is 11.5 Å². The number of hydrogen-bond acceptors (Lipinski definition) is 4. The molecule has 31 heavy (non-hydrogen) atoms. The highest BCUT2D eigenvalue weighted by atomic mass is 79.9. The number of halogens is 2. The third-order valence-electron chi connectivity index (χ3n) is 4.51. The lowest BCUT2D eigenvalue weighted by Crippen LogP contribution is -2.45. The van der Waals surface area contributed by atoms with Gasteiger partial charge in [-0.3, -0.25) is 20.4 Å². The van der Waals surface area contributed by atoms with Crippen LogP contribution in [0.25, 0.3) is 10.8 Å². The quantitative estimate of drug-likeness (QED) is 0.402. The highest BCUT2D eigenvalue weighted by Crippen LogP contribution is 2.33. The molecule has 0 saturated heterocycles. The summed E-state index contributed by atoms with van der Waals surface area (Å²) in [4.78, 5) is 24.0. The van der Waals surface area contributed by atoms with E-state index in [1.807, 2.05) is 42.5 Å². The fourth-order valence-corrected chi connectivity index (χ4v) is 3.94. The predicted molar refractivity (Wildman–Crippen MR) is 127 cm³/mol. The lowest BCUT2D eigenvalue weighted by atomic mass is 10.0. The number of carbonyl (C=O) groups is 2. The van der Waals surface area contributed by atoms with Crippen molar-refractivity contribution in [3.8, 4) is 11.5 Å². The van der Waals surface area contributed by atoms with Crippen molar-refractivity contribution in [2.75, 3.05) is 13.2 Å². The van der Waals surface area contributed by atoms with E-state index in [1.54, 1.807) is 12.1 Å². The number of hydrazine groups is 1. The normalized spacial score (nSPS) is 10.7. The molecule has 6 nitrogen and oxygen atoms in total. The average Bonchev–Trinajstić information content (AvgIpc) is 2.76. The standard InChI is InChI=1S/C23H22Br2N2O4/c1-14(2)16-8-9-19(18(24)11-16)30-12-21(28)26-27-22(29)13-31-20-10-7-15-5-3-4-6-17(15)23(20)25/h3-11,14H,12-13H2,1-2H3,(H,26,28)(H,27,29). The molecular formula is C23H22Br2N2O4. The molecule has 3 rings (SSSR count). The second kappa shape index (κ2) is 10.6. The molecule has 0 bridgehead atoms. The van der Waals surface area contributed by atoms with Gasteiger partial charge >= 0.3 is 0 Å². The lowest BCUT2D eigenvalue weighted by molar-refractivity contribution is -0.131. The molecule has 0 aliphatic carbocycles. The Labute approximate surface area is 197 Å². The van der Waals surface area contributed by atoms with Crippen LogP contribution in [0.4, 0.5) is 0 Å². The zero-order chi connectivity index (χ0) is 22.4. The Morgan fingerprint density at radius 3 is 2.13 bits per heavy atom. The van der Waals surface area contributed by atoms with Crippen LogP contribution in [0.5, 0.6) is 11.5 Å². The van der Waals surface area contributed by atoms with Gasteiger partial charge in [-0.1, -0.05) is 50.2 Å². The summed E-state index contributed by atoms with van der Waals surface area (Å²) in [6.45, 7) is 3.71. The molecule has 0 radical (unpaired) electrons. The summed E-state index contributed by atoms with van der Waals surface area (Å²) in [5.41, 5.74) is 5.79. The maximum absolute atomic E-state index is 12.0. The summed E-state index contributed by atoms with van der Waals surface area (Å²) < 4.78 is 12.6. The van der Waals surface area contributed by atoms with Gasteiger partial charge in [-0.05, 0) is 72.3 Å². The molecule has 0 atom stereocenters. The molecule has 0 heterocycles. The Bertz CT molecular complexity index is 1100. The van der Waals surface area contributed by atoms with E-state index in [1.165, 1.54) is 0 Å². The summed E-state index contributed by atoms with van der Waals surface area (Å²) in [7, 11) is 0. The monoisotopic (exact) mass is 548 g/mol. The van der Waals surface area contributed by atoms with Crippen LogP contribution in [0.15, 0.2) is 63.5 Å². The third kappa shape index (κ3) is 6.21. The lowest BCUT2D eigenvalue weighted by Gasteiger charge is -2.13. The van der Waals surface area contributed by atoms with E-state index in [0.717, 1.165) is 25.3 Å². The van der Waals surface area contributed by atoms with Crippen molar-refractivity contribution < 1.29 is 19.1 Å². The van der Waals surface area contributed by atoms with Crippen LogP contribution < -0.4 is 20.3 Å². The van der Waals surface area contributed by atoms with Gasteiger partial charge in [0, 0.05) is 0 Å². The minimum atomic E-state index is -0.490. The number of benzene rings is 3. The maximum Gasteiger partial charge on any atom is 0.276 e. The van der Waals surface area contributed by atoms with Gasteiger partial charge in [-0.15, -0.1) is 0 Å². The van der Waals surface area contributed by atoms with Crippen LogP contribution in [-0.4, -0.2) is 25.0 Å². The van der Waals surface area contributed by atoms with Crippen molar-refractivity contribution >= 4 is 54.4 Å². The summed E-state index contributed by atoms with van der Waals surface area (Å²) in [6.07, 6.45) is 0. The molecule has 3 aromatic carbocycles. The number of nitrogens with one attached hydrogen (secondary N) is 2. The molecule has 2 amide bonds. The smallest absolute Gasteiger partial charge is 0.276 e. The fraction of sp³-hybridized carbons (Fsp3) is 0.217. The molecule has 0 aromatic heterocycles. The minimum absolute atomic E-state index is 0.239. The molecule has 0 fully saturated rings. The Hall–Kier alpha value is -2.58. The van der Waals surface area contributed by atoms with Crippen LogP contribution in [-0.2, 0) is 9.59 Å². The molecule has 0 spiro atoms. The topological polar surface area (TPSA) is 76.7 Å². The number of hydrogen-bond donors (Lipinski definition) is 2. The molecule has 0 saturated carbocycles. The van der Waals surface area contributed by atoms with Crippen LogP contribution in [0.2, 0.25) is 0 Å². The van der Waals surface area contributed by atoms with E-state index >= 15 is 0 Å². The van der Waals surface area contributed by atoms with Crippen molar-refractivity contribution in [2.45, 2.75) is 19.8 Å². The highest BCUT2D eigenvalue weighted by molar-refractivity contribution is 9.11. The van der Waals surface area contributed by atoms with Gasteiger partial charge in [0.15, 0.2) is 13.2 Å². The first-order valence-corrected chi connectivity index (χ1v) is 11.2. The zero-order valence-corrected chi connectivity index (χ0v) is 20.2. The number of ether oxygens (including phenoxy) is 2. The fourth-order valence-electron chi connectivity index (χ4n) is 2.82. The number of fused-ring (bicyclic) bond motifs is 1. The summed E-state index contributed by atoms with van der Waals surface area (Å²) in [5.74, 6) is 0.505. The molecule has 2 N–H and O–H groups in total. The number of carbonyl (C=O) groups excluding carboxylic acids is 2. The number of amides is 2. The molecule has 8 heteroatoms. The van der Waals surface area contributed by atoms with Crippen molar-refractivity contribution in [1.82, 2.24) is 10.9 Å². The molecule has 0 aliphatic heterocycles. The highest BCUT2D eigenvalue weighted by Gasteiger charge is 2.11. The second-order valence-corrected chi connectivity index (χ2v) is 8.76. The first kappa shape index (κ1) is 23.1. The Morgan fingerprint density at radius 1 is 0.871 bits per heavy atom. The molecule has 162 valence electrons. The van der Waals surface area contributed by atoms with Crippen LogP contribution in [0.3, 0.4) is 0 Å². The van der Waals surface area contributed by atoms with Gasteiger partial charge in [-0.25, -0.2) is 0 Å². The van der Waals surface area contributed by atoms with Gasteiger partial charge in [0.2, 0.25) is 0 Å². The summed E-state index contributed by atoms with van der Waals surface area (Å²) in [5, 5.41) is 2.04. The molecule has 3 aromatic rings. The van der Waals surface area contributed by atoms with Crippen molar-refractivity contribution in [1.29, 1.82) is 0 Å². The van der Waals surface area contributed by atoms with E-state index in [9.17, 15) is 9.59 Å². The Balaban J connectivity index is 1.44. The first-order chi connectivity index (χ1) is 14.8. The minimum Gasteiger partial charge on any atom is -0.483 e. The molecular weight excluding hydrogens is 528 g/mol. The maximum atomic E-state index is 12.0. The van der Waals surface area contributed by atoms with Crippen molar-refractivity contribution in [3.05, 3.63) is 69.1 Å². The van der Waals surface area contributed by atoms with Crippen LogP contribution in [0, 0.1) is 0 Å². The van der Waals surface area contributed by atoms with Gasteiger partial charge in [0.05, 0.1) is 8.95 Å². The van der Waals surface area contributed by atoms with E-state index in [2.05, 4.69) is 56.6 Å². The van der Waals surface area contributed by atoms with Gasteiger partial charge in [0.25, 0.3) is 11.8 Å². The summed E-state index contributed by atoms with van der Waals surface area (Å²) >= 11 is 6.95. The van der Waals surface area contributed by atoms with Gasteiger partial charge in [-0.2, -0.15) is 0 Å². The zero-order valence-electron chi connectivity index (χ0n) is 17.1. The van der Waals surface area contributed by atoms with Crippen LogP contribution >= 0.6 is 31.9 Å². The number of rotatable bonds is 7.